The summed E-state index contributed by atoms with van der Waals surface area (Å²) in [7, 11) is 0. The zero-order valence-corrected chi connectivity index (χ0v) is 16.8. The second-order valence-corrected chi connectivity index (χ2v) is 7.65. The van der Waals surface area contributed by atoms with Gasteiger partial charge in [0.15, 0.2) is 0 Å². The maximum absolute atomic E-state index is 12.7. The van der Waals surface area contributed by atoms with Crippen LogP contribution < -0.4 is 10.6 Å². The molecule has 0 saturated carbocycles. The Morgan fingerprint density at radius 2 is 1.68 bits per heavy atom. The first-order valence-corrected chi connectivity index (χ1v) is 10.0. The number of thioether (sulfide) groups is 1. The molecule has 0 spiro atoms. The largest absolute Gasteiger partial charge is 0.325 e. The summed E-state index contributed by atoms with van der Waals surface area (Å²) in [4.78, 5) is 25.9. The Balaban J connectivity index is 1.65. The number of benzene rings is 3. The fourth-order valence-electron chi connectivity index (χ4n) is 2.58. The van der Waals surface area contributed by atoms with Gasteiger partial charge in [-0.15, -0.1) is 11.8 Å². The average Bonchev–Trinajstić information content (AvgIpc) is 2.68. The fraction of sp³-hybridized carbons (Fsp3) is 0.0909. The van der Waals surface area contributed by atoms with E-state index in [1.54, 1.807) is 36.4 Å². The lowest BCUT2D eigenvalue weighted by Crippen LogP contribution is -2.19. The topological polar surface area (TPSA) is 58.2 Å². The summed E-state index contributed by atoms with van der Waals surface area (Å²) in [5.74, 6) is -0.224. The van der Waals surface area contributed by atoms with Gasteiger partial charge in [-0.05, 0) is 61.0 Å². The van der Waals surface area contributed by atoms with Gasteiger partial charge in [0, 0.05) is 15.6 Å². The number of rotatable bonds is 6. The van der Waals surface area contributed by atoms with Crippen LogP contribution in [0.25, 0.3) is 0 Å². The summed E-state index contributed by atoms with van der Waals surface area (Å²) < 4.78 is 0. The van der Waals surface area contributed by atoms with Gasteiger partial charge in [0.1, 0.15) is 0 Å². The molecule has 3 rings (SSSR count). The molecule has 0 aliphatic carbocycles. The summed E-state index contributed by atoms with van der Waals surface area (Å²) in [5.41, 5.74) is 2.66. The number of carbonyl (C=O) groups is 2. The smallest absolute Gasteiger partial charge is 0.257 e. The number of carbonyl (C=O) groups excluding carboxylic acids is 2. The van der Waals surface area contributed by atoms with E-state index in [9.17, 15) is 9.59 Å². The van der Waals surface area contributed by atoms with Crippen LogP contribution in [0.4, 0.5) is 11.4 Å². The van der Waals surface area contributed by atoms with E-state index in [-0.39, 0.29) is 17.6 Å². The molecule has 4 nitrogen and oxygen atoms in total. The molecule has 0 bridgehead atoms. The van der Waals surface area contributed by atoms with Crippen LogP contribution in [0.15, 0.2) is 77.7 Å². The van der Waals surface area contributed by atoms with Crippen molar-refractivity contribution in [1.82, 2.24) is 0 Å². The number of aryl methyl sites for hydroxylation is 1. The second-order valence-electron chi connectivity index (χ2n) is 6.16. The summed E-state index contributed by atoms with van der Waals surface area (Å²) in [6.07, 6.45) is 0. The molecule has 0 atom stereocenters. The van der Waals surface area contributed by atoms with E-state index in [1.807, 2.05) is 43.3 Å². The number of hydrogen-bond acceptors (Lipinski definition) is 3. The Kier molecular flexibility index (Phi) is 6.74. The van der Waals surface area contributed by atoms with E-state index in [2.05, 4.69) is 10.6 Å². The third-order valence-corrected chi connectivity index (χ3v) is 5.17. The van der Waals surface area contributed by atoms with Gasteiger partial charge < -0.3 is 10.6 Å². The first-order chi connectivity index (χ1) is 13.5. The minimum absolute atomic E-state index is 0.184. The van der Waals surface area contributed by atoms with Crippen molar-refractivity contribution < 1.29 is 9.59 Å². The minimum atomic E-state index is -0.271. The lowest BCUT2D eigenvalue weighted by Gasteiger charge is -2.12. The van der Waals surface area contributed by atoms with Crippen LogP contribution in [0.1, 0.15) is 15.9 Å². The summed E-state index contributed by atoms with van der Waals surface area (Å²) in [6.45, 7) is 1.96. The highest BCUT2D eigenvalue weighted by molar-refractivity contribution is 8.00. The maximum Gasteiger partial charge on any atom is 0.257 e. The highest BCUT2D eigenvalue weighted by atomic mass is 35.5. The van der Waals surface area contributed by atoms with Crippen molar-refractivity contribution in [3.05, 3.63) is 88.9 Å². The molecule has 28 heavy (non-hydrogen) atoms. The molecule has 0 saturated heterocycles. The zero-order chi connectivity index (χ0) is 19.9. The van der Waals surface area contributed by atoms with E-state index in [0.29, 0.717) is 22.0 Å². The molecule has 0 aromatic heterocycles. The number of anilines is 2. The molecule has 3 aromatic rings. The monoisotopic (exact) mass is 410 g/mol. The lowest BCUT2D eigenvalue weighted by molar-refractivity contribution is -0.113. The van der Waals surface area contributed by atoms with Crippen LogP contribution in [0, 0.1) is 6.92 Å². The molecule has 0 unspecified atom stereocenters. The van der Waals surface area contributed by atoms with Gasteiger partial charge >= 0.3 is 0 Å². The molecule has 3 aromatic carbocycles. The number of halogens is 1. The maximum atomic E-state index is 12.7. The van der Waals surface area contributed by atoms with Gasteiger partial charge in [-0.25, -0.2) is 0 Å². The number of amides is 2. The van der Waals surface area contributed by atoms with Crippen LogP contribution in [0.3, 0.4) is 0 Å². The Morgan fingerprint density at radius 3 is 2.43 bits per heavy atom. The van der Waals surface area contributed by atoms with Gasteiger partial charge in [0.2, 0.25) is 5.91 Å². The van der Waals surface area contributed by atoms with Crippen LogP contribution in [0.5, 0.6) is 0 Å². The molecule has 2 amide bonds. The molecule has 0 aliphatic heterocycles. The Labute approximate surface area is 173 Å². The summed E-state index contributed by atoms with van der Waals surface area (Å²) in [5, 5.41) is 6.35. The number of nitrogens with one attached hydrogen (secondary N) is 2. The van der Waals surface area contributed by atoms with Crippen molar-refractivity contribution in [2.24, 2.45) is 0 Å². The average molecular weight is 411 g/mol. The van der Waals surface area contributed by atoms with Crippen molar-refractivity contribution in [3.8, 4) is 0 Å². The van der Waals surface area contributed by atoms with E-state index < -0.39 is 0 Å². The van der Waals surface area contributed by atoms with Gasteiger partial charge in [0.05, 0.1) is 17.0 Å². The summed E-state index contributed by atoms with van der Waals surface area (Å²) in [6, 6.07) is 21.8. The third kappa shape index (κ3) is 5.62. The minimum Gasteiger partial charge on any atom is -0.325 e. The molecular weight excluding hydrogens is 392 g/mol. The highest BCUT2D eigenvalue weighted by Gasteiger charge is 2.13. The van der Waals surface area contributed by atoms with Crippen molar-refractivity contribution in [1.29, 1.82) is 0 Å². The molecular formula is C22H19ClN2O2S. The molecule has 0 fully saturated rings. The Morgan fingerprint density at radius 1 is 0.929 bits per heavy atom. The first kappa shape index (κ1) is 20.0. The van der Waals surface area contributed by atoms with Crippen LogP contribution in [0.2, 0.25) is 5.02 Å². The van der Waals surface area contributed by atoms with Gasteiger partial charge in [-0.3, -0.25) is 9.59 Å². The second kappa shape index (κ2) is 9.44. The molecule has 0 radical (unpaired) electrons. The van der Waals surface area contributed by atoms with E-state index in [1.165, 1.54) is 11.8 Å². The van der Waals surface area contributed by atoms with Crippen molar-refractivity contribution >= 4 is 46.6 Å². The van der Waals surface area contributed by atoms with E-state index >= 15 is 0 Å². The van der Waals surface area contributed by atoms with Crippen molar-refractivity contribution in [2.75, 3.05) is 16.4 Å². The number of para-hydroxylation sites is 1. The molecule has 6 heteroatoms. The van der Waals surface area contributed by atoms with Crippen LogP contribution in [-0.4, -0.2) is 17.6 Å². The SMILES string of the molecule is Cc1cccc(NC(=O)c2ccccc2NC(=O)CSc2ccc(Cl)cc2)c1. The van der Waals surface area contributed by atoms with E-state index in [4.69, 9.17) is 11.6 Å². The zero-order valence-electron chi connectivity index (χ0n) is 15.2. The van der Waals surface area contributed by atoms with Crippen molar-refractivity contribution in [2.45, 2.75) is 11.8 Å². The van der Waals surface area contributed by atoms with Crippen molar-refractivity contribution in [3.63, 3.8) is 0 Å². The molecule has 2 N–H and O–H groups in total. The summed E-state index contributed by atoms with van der Waals surface area (Å²) >= 11 is 7.27. The highest BCUT2D eigenvalue weighted by Crippen LogP contribution is 2.22. The van der Waals surface area contributed by atoms with Gasteiger partial charge in [0.25, 0.3) is 5.91 Å². The quantitative estimate of drug-likeness (QED) is 0.517. The van der Waals surface area contributed by atoms with Crippen LogP contribution >= 0.6 is 23.4 Å². The first-order valence-electron chi connectivity index (χ1n) is 8.66. The predicted octanol–water partition coefficient (Wildman–Crippen LogP) is 5.63. The normalized spacial score (nSPS) is 10.4. The Hall–Kier alpha value is -2.76. The lowest BCUT2D eigenvalue weighted by atomic mass is 10.1. The fourth-order valence-corrected chi connectivity index (χ4v) is 3.40. The van der Waals surface area contributed by atoms with Crippen LogP contribution in [-0.2, 0) is 4.79 Å². The standard InChI is InChI=1S/C22H19ClN2O2S/c1-15-5-4-6-17(13-15)24-22(27)19-7-2-3-8-20(19)25-21(26)14-28-18-11-9-16(23)10-12-18/h2-13H,14H2,1H3,(H,24,27)(H,25,26). The predicted molar refractivity (Wildman–Crippen MR) is 116 cm³/mol. The number of hydrogen-bond donors (Lipinski definition) is 2. The molecule has 0 heterocycles. The van der Waals surface area contributed by atoms with Gasteiger partial charge in [-0.2, -0.15) is 0 Å². The van der Waals surface area contributed by atoms with E-state index in [0.717, 1.165) is 10.5 Å². The third-order valence-electron chi connectivity index (χ3n) is 3.91. The molecule has 0 aliphatic rings. The molecule has 142 valence electrons. The van der Waals surface area contributed by atoms with Gasteiger partial charge in [-0.1, -0.05) is 35.9 Å². The Bertz CT molecular complexity index is 990.